The topological polar surface area (TPSA) is 59.1 Å². The molecule has 2 rings (SSSR count). The number of rotatable bonds is 2. The normalized spacial score (nSPS) is 23.3. The van der Waals surface area contributed by atoms with Crippen LogP contribution in [0, 0.1) is 6.92 Å². The molecule has 0 amide bonds. The van der Waals surface area contributed by atoms with E-state index in [1.807, 2.05) is 13.0 Å². The number of halogens is 1. The predicted octanol–water partition coefficient (Wildman–Crippen LogP) is 2.14. The lowest BCUT2D eigenvalue weighted by Crippen LogP contribution is -2.34. The molecular weight excluding hydrogens is 304 g/mol. The van der Waals surface area contributed by atoms with E-state index in [1.165, 1.54) is 0 Å². The van der Waals surface area contributed by atoms with Crippen molar-refractivity contribution in [3.8, 4) is 0 Å². The van der Waals surface area contributed by atoms with Crippen LogP contribution in [0.2, 0.25) is 0 Å². The SMILES string of the molecule is Cc1cc(NC2CCCS(=O)(=O)C2)cnc1Br. The van der Waals surface area contributed by atoms with Crippen molar-refractivity contribution < 1.29 is 8.42 Å². The minimum atomic E-state index is -2.86. The molecule has 1 fully saturated rings. The molecule has 1 aliphatic heterocycles. The monoisotopic (exact) mass is 318 g/mol. The highest BCUT2D eigenvalue weighted by Crippen LogP contribution is 2.20. The molecule has 0 spiro atoms. The van der Waals surface area contributed by atoms with Gasteiger partial charge in [-0.3, -0.25) is 0 Å². The molecule has 94 valence electrons. The first-order chi connectivity index (χ1) is 7.96. The van der Waals surface area contributed by atoms with Crippen LogP contribution in [0.1, 0.15) is 18.4 Å². The quantitative estimate of drug-likeness (QED) is 0.849. The molecule has 6 heteroatoms. The number of anilines is 1. The molecule has 4 nitrogen and oxygen atoms in total. The Labute approximate surface area is 110 Å². The summed E-state index contributed by atoms with van der Waals surface area (Å²) in [5, 5.41) is 3.24. The minimum absolute atomic E-state index is 0.0103. The van der Waals surface area contributed by atoms with Crippen molar-refractivity contribution in [1.29, 1.82) is 0 Å². The van der Waals surface area contributed by atoms with Crippen LogP contribution in [0.15, 0.2) is 16.9 Å². The Morgan fingerprint density at radius 2 is 2.29 bits per heavy atom. The summed E-state index contributed by atoms with van der Waals surface area (Å²) >= 11 is 3.34. The highest BCUT2D eigenvalue weighted by atomic mass is 79.9. The summed E-state index contributed by atoms with van der Waals surface area (Å²) in [6.07, 6.45) is 3.36. The Kier molecular flexibility index (Phi) is 3.73. The Bertz CT molecular complexity index is 516. The summed E-state index contributed by atoms with van der Waals surface area (Å²) in [6.45, 7) is 1.96. The molecule has 0 saturated carbocycles. The number of pyridine rings is 1. The van der Waals surface area contributed by atoms with Gasteiger partial charge in [0.1, 0.15) is 4.60 Å². The summed E-state index contributed by atoms with van der Waals surface area (Å²) < 4.78 is 23.8. The van der Waals surface area contributed by atoms with Gasteiger partial charge in [0.2, 0.25) is 0 Å². The molecule has 1 aliphatic rings. The number of aromatic nitrogens is 1. The van der Waals surface area contributed by atoms with Crippen LogP contribution in [0.4, 0.5) is 5.69 Å². The zero-order valence-electron chi connectivity index (χ0n) is 9.61. The molecule has 0 radical (unpaired) electrons. The van der Waals surface area contributed by atoms with Gasteiger partial charge in [0.25, 0.3) is 0 Å². The van der Waals surface area contributed by atoms with E-state index < -0.39 is 9.84 Å². The third kappa shape index (κ3) is 3.42. The van der Waals surface area contributed by atoms with Crippen LogP contribution in [-0.2, 0) is 9.84 Å². The van der Waals surface area contributed by atoms with E-state index in [4.69, 9.17) is 0 Å². The Morgan fingerprint density at radius 1 is 1.53 bits per heavy atom. The molecule has 1 aromatic rings. The molecule has 17 heavy (non-hydrogen) atoms. The van der Waals surface area contributed by atoms with Gasteiger partial charge >= 0.3 is 0 Å². The fourth-order valence-corrected chi connectivity index (χ4v) is 3.86. The largest absolute Gasteiger partial charge is 0.380 e. The lowest BCUT2D eigenvalue weighted by Gasteiger charge is -2.24. The molecule has 1 unspecified atom stereocenters. The molecular formula is C11H15BrN2O2S. The second-order valence-corrected chi connectivity index (χ2v) is 7.41. The van der Waals surface area contributed by atoms with E-state index in [-0.39, 0.29) is 11.8 Å². The molecule has 1 aromatic heterocycles. The van der Waals surface area contributed by atoms with Gasteiger partial charge in [-0.05, 0) is 47.3 Å². The van der Waals surface area contributed by atoms with E-state index in [2.05, 4.69) is 26.2 Å². The zero-order valence-corrected chi connectivity index (χ0v) is 12.0. The van der Waals surface area contributed by atoms with Gasteiger partial charge in [-0.1, -0.05) is 0 Å². The first-order valence-electron chi connectivity index (χ1n) is 5.55. The summed E-state index contributed by atoms with van der Waals surface area (Å²) in [5.74, 6) is 0.547. The van der Waals surface area contributed by atoms with Crippen molar-refractivity contribution in [3.63, 3.8) is 0 Å². The summed E-state index contributed by atoms with van der Waals surface area (Å²) in [6, 6.07) is 1.98. The molecule has 1 N–H and O–H groups in total. The number of hydrogen-bond donors (Lipinski definition) is 1. The van der Waals surface area contributed by atoms with Crippen molar-refractivity contribution in [1.82, 2.24) is 4.98 Å². The summed E-state index contributed by atoms with van der Waals surface area (Å²) in [4.78, 5) is 4.19. The van der Waals surface area contributed by atoms with Crippen molar-refractivity contribution in [3.05, 3.63) is 22.4 Å². The zero-order chi connectivity index (χ0) is 12.5. The van der Waals surface area contributed by atoms with Gasteiger partial charge in [-0.15, -0.1) is 0 Å². The molecule has 0 bridgehead atoms. The smallest absolute Gasteiger partial charge is 0.152 e. The maximum absolute atomic E-state index is 11.5. The maximum Gasteiger partial charge on any atom is 0.152 e. The second kappa shape index (κ2) is 4.94. The number of nitrogens with zero attached hydrogens (tertiary/aromatic N) is 1. The number of nitrogens with one attached hydrogen (secondary N) is 1. The van der Waals surface area contributed by atoms with Crippen LogP contribution < -0.4 is 5.32 Å². The van der Waals surface area contributed by atoms with Gasteiger partial charge in [-0.2, -0.15) is 0 Å². The molecule has 0 aromatic carbocycles. The second-order valence-electron chi connectivity index (χ2n) is 4.43. The average Bonchev–Trinajstić information content (AvgIpc) is 2.22. The van der Waals surface area contributed by atoms with Gasteiger partial charge in [-0.25, -0.2) is 13.4 Å². The first-order valence-corrected chi connectivity index (χ1v) is 8.17. The van der Waals surface area contributed by atoms with Crippen molar-refractivity contribution in [2.75, 3.05) is 16.8 Å². The van der Waals surface area contributed by atoms with E-state index in [1.54, 1.807) is 6.20 Å². The third-order valence-electron chi connectivity index (χ3n) is 2.85. The van der Waals surface area contributed by atoms with Crippen molar-refractivity contribution in [2.24, 2.45) is 0 Å². The Hall–Kier alpha value is -0.620. The van der Waals surface area contributed by atoms with Crippen LogP contribution >= 0.6 is 15.9 Å². The minimum Gasteiger partial charge on any atom is -0.380 e. The van der Waals surface area contributed by atoms with Crippen LogP contribution in [-0.4, -0.2) is 30.9 Å². The summed E-state index contributed by atoms with van der Waals surface area (Å²) in [7, 11) is -2.86. The maximum atomic E-state index is 11.5. The van der Waals surface area contributed by atoms with Crippen LogP contribution in [0.5, 0.6) is 0 Å². The fourth-order valence-electron chi connectivity index (χ4n) is 2.01. The first kappa shape index (κ1) is 12.8. The van der Waals surface area contributed by atoms with Gasteiger partial charge in [0.05, 0.1) is 23.4 Å². The van der Waals surface area contributed by atoms with Crippen molar-refractivity contribution >= 4 is 31.5 Å². The lowest BCUT2D eigenvalue weighted by atomic mass is 10.2. The predicted molar refractivity (Wildman–Crippen MR) is 72.0 cm³/mol. The fraction of sp³-hybridized carbons (Fsp3) is 0.545. The standard InChI is InChI=1S/C11H15BrN2O2S/c1-8-5-10(6-13-11(8)12)14-9-3-2-4-17(15,16)7-9/h5-6,9,14H,2-4,7H2,1H3. The Balaban J connectivity index is 2.08. The molecule has 1 saturated heterocycles. The molecule has 0 aliphatic carbocycles. The van der Waals surface area contributed by atoms with Crippen LogP contribution in [0.25, 0.3) is 0 Å². The Morgan fingerprint density at radius 3 is 2.94 bits per heavy atom. The van der Waals surface area contributed by atoms with Gasteiger partial charge in [0.15, 0.2) is 9.84 Å². The number of sulfone groups is 1. The van der Waals surface area contributed by atoms with Gasteiger partial charge < -0.3 is 5.32 Å². The number of hydrogen-bond acceptors (Lipinski definition) is 4. The highest BCUT2D eigenvalue weighted by molar-refractivity contribution is 9.10. The molecule has 1 atom stereocenters. The van der Waals surface area contributed by atoms with E-state index >= 15 is 0 Å². The third-order valence-corrected chi connectivity index (χ3v) is 5.50. The van der Waals surface area contributed by atoms with E-state index in [9.17, 15) is 8.42 Å². The van der Waals surface area contributed by atoms with Gasteiger partial charge in [0, 0.05) is 6.04 Å². The van der Waals surface area contributed by atoms with Crippen LogP contribution in [0.3, 0.4) is 0 Å². The lowest BCUT2D eigenvalue weighted by molar-refractivity contribution is 0.562. The molecule has 2 heterocycles. The summed E-state index contributed by atoms with van der Waals surface area (Å²) in [5.41, 5.74) is 1.92. The van der Waals surface area contributed by atoms with Crippen molar-refractivity contribution in [2.45, 2.75) is 25.8 Å². The number of aryl methyl sites for hydroxylation is 1. The average molecular weight is 319 g/mol. The van der Waals surface area contributed by atoms with E-state index in [0.29, 0.717) is 5.75 Å². The van der Waals surface area contributed by atoms with E-state index in [0.717, 1.165) is 28.7 Å². The highest BCUT2D eigenvalue weighted by Gasteiger charge is 2.24.